The highest BCUT2D eigenvalue weighted by atomic mass is 16.6. The number of rotatable bonds is 6. The largest absolute Gasteiger partial charge is 0.496 e. The van der Waals surface area contributed by atoms with Gasteiger partial charge in [-0.25, -0.2) is 4.79 Å². The standard InChI is InChI=1S/C18H26N2O4/c1-3-24-18(22)20-12-9-15(10-13-20)17(21)19-11-8-14-6-4-5-7-16(14)23-2/h4-7,15H,3,8-13H2,1-2H3,(H,19,21). The number of nitrogens with one attached hydrogen (secondary N) is 1. The normalized spacial score (nSPS) is 15.0. The summed E-state index contributed by atoms with van der Waals surface area (Å²) in [6.07, 6.45) is 1.81. The molecule has 1 fully saturated rings. The molecule has 24 heavy (non-hydrogen) atoms. The van der Waals surface area contributed by atoms with Crippen molar-refractivity contribution in [1.82, 2.24) is 10.2 Å². The molecular weight excluding hydrogens is 308 g/mol. The Morgan fingerprint density at radius 2 is 1.96 bits per heavy atom. The predicted octanol–water partition coefficient (Wildman–Crippen LogP) is 2.22. The van der Waals surface area contributed by atoms with Crippen molar-refractivity contribution in [3.8, 4) is 5.75 Å². The van der Waals surface area contributed by atoms with Crippen LogP contribution < -0.4 is 10.1 Å². The summed E-state index contributed by atoms with van der Waals surface area (Å²) in [6.45, 7) is 3.90. The first-order chi connectivity index (χ1) is 11.7. The SMILES string of the molecule is CCOC(=O)N1CCC(C(=O)NCCc2ccccc2OC)CC1. The Hall–Kier alpha value is -2.24. The van der Waals surface area contributed by atoms with Crippen molar-refractivity contribution in [3.63, 3.8) is 0 Å². The van der Waals surface area contributed by atoms with Crippen LogP contribution in [0.4, 0.5) is 4.79 Å². The first-order valence-electron chi connectivity index (χ1n) is 8.47. The Morgan fingerprint density at radius 3 is 2.62 bits per heavy atom. The molecule has 0 bridgehead atoms. The second-order valence-corrected chi connectivity index (χ2v) is 5.81. The fourth-order valence-corrected chi connectivity index (χ4v) is 2.91. The van der Waals surface area contributed by atoms with Gasteiger partial charge in [0.2, 0.25) is 5.91 Å². The number of hydrogen-bond donors (Lipinski definition) is 1. The van der Waals surface area contributed by atoms with Gasteiger partial charge in [0.1, 0.15) is 5.75 Å². The zero-order chi connectivity index (χ0) is 17.4. The zero-order valence-corrected chi connectivity index (χ0v) is 14.4. The molecule has 0 aliphatic carbocycles. The molecule has 0 spiro atoms. The number of ether oxygens (including phenoxy) is 2. The average Bonchev–Trinajstić information content (AvgIpc) is 2.62. The Morgan fingerprint density at radius 1 is 1.25 bits per heavy atom. The number of piperidine rings is 1. The van der Waals surface area contributed by atoms with E-state index in [0.29, 0.717) is 39.1 Å². The number of hydrogen-bond acceptors (Lipinski definition) is 4. The maximum atomic E-state index is 12.3. The topological polar surface area (TPSA) is 67.9 Å². The monoisotopic (exact) mass is 334 g/mol. The Kier molecular flexibility index (Phi) is 6.90. The van der Waals surface area contributed by atoms with Crippen LogP contribution in [0.15, 0.2) is 24.3 Å². The van der Waals surface area contributed by atoms with E-state index < -0.39 is 0 Å². The molecule has 1 saturated heterocycles. The summed E-state index contributed by atoms with van der Waals surface area (Å²) in [5.74, 6) is 0.872. The van der Waals surface area contributed by atoms with Crippen LogP contribution in [0.3, 0.4) is 0 Å². The highest BCUT2D eigenvalue weighted by Crippen LogP contribution is 2.19. The lowest BCUT2D eigenvalue weighted by Crippen LogP contribution is -2.43. The van der Waals surface area contributed by atoms with Gasteiger partial charge in [-0.2, -0.15) is 0 Å². The van der Waals surface area contributed by atoms with Crippen LogP contribution in [0.1, 0.15) is 25.3 Å². The third-order valence-electron chi connectivity index (χ3n) is 4.28. The molecule has 1 aromatic rings. The minimum atomic E-state index is -0.285. The molecule has 1 N–H and O–H groups in total. The van der Waals surface area contributed by atoms with Crippen molar-refractivity contribution in [2.24, 2.45) is 5.92 Å². The van der Waals surface area contributed by atoms with Crippen LogP contribution in [0, 0.1) is 5.92 Å². The maximum Gasteiger partial charge on any atom is 0.409 e. The maximum absolute atomic E-state index is 12.3. The molecule has 0 unspecified atom stereocenters. The molecule has 132 valence electrons. The van der Waals surface area contributed by atoms with Gasteiger partial charge in [0.15, 0.2) is 0 Å². The predicted molar refractivity (Wildman–Crippen MR) is 91.0 cm³/mol. The van der Waals surface area contributed by atoms with Gasteiger partial charge in [0.05, 0.1) is 13.7 Å². The van der Waals surface area contributed by atoms with Gasteiger partial charge in [0.25, 0.3) is 0 Å². The molecule has 1 aliphatic rings. The number of benzene rings is 1. The van der Waals surface area contributed by atoms with Crippen molar-refractivity contribution in [1.29, 1.82) is 0 Å². The van der Waals surface area contributed by atoms with Crippen LogP contribution in [-0.4, -0.2) is 50.3 Å². The van der Waals surface area contributed by atoms with Crippen LogP contribution in [0.5, 0.6) is 5.75 Å². The highest BCUT2D eigenvalue weighted by molar-refractivity contribution is 5.79. The van der Waals surface area contributed by atoms with E-state index in [0.717, 1.165) is 17.7 Å². The molecule has 0 aromatic heterocycles. The summed E-state index contributed by atoms with van der Waals surface area (Å²) < 4.78 is 10.3. The van der Waals surface area contributed by atoms with Gasteiger partial charge in [-0.1, -0.05) is 18.2 Å². The van der Waals surface area contributed by atoms with E-state index in [9.17, 15) is 9.59 Å². The molecule has 2 rings (SSSR count). The van der Waals surface area contributed by atoms with E-state index in [1.165, 1.54) is 0 Å². The second kappa shape index (κ2) is 9.15. The van der Waals surface area contributed by atoms with Crippen molar-refractivity contribution in [3.05, 3.63) is 29.8 Å². The third kappa shape index (κ3) is 4.88. The summed E-state index contributed by atoms with van der Waals surface area (Å²) in [6, 6.07) is 7.81. The molecule has 6 heteroatoms. The fraction of sp³-hybridized carbons (Fsp3) is 0.556. The van der Waals surface area contributed by atoms with Gasteiger partial charge >= 0.3 is 6.09 Å². The van der Waals surface area contributed by atoms with E-state index >= 15 is 0 Å². The van der Waals surface area contributed by atoms with Crippen LogP contribution in [0.25, 0.3) is 0 Å². The summed E-state index contributed by atoms with van der Waals surface area (Å²) in [5.41, 5.74) is 1.08. The molecule has 0 saturated carbocycles. The summed E-state index contributed by atoms with van der Waals surface area (Å²) >= 11 is 0. The van der Waals surface area contributed by atoms with Crippen molar-refractivity contribution in [2.45, 2.75) is 26.2 Å². The van der Waals surface area contributed by atoms with Crippen molar-refractivity contribution in [2.75, 3.05) is 33.4 Å². The molecule has 0 radical (unpaired) electrons. The van der Waals surface area contributed by atoms with Crippen molar-refractivity contribution >= 4 is 12.0 Å². The lowest BCUT2D eigenvalue weighted by Gasteiger charge is -2.30. The van der Waals surface area contributed by atoms with Gasteiger partial charge < -0.3 is 19.7 Å². The Bertz CT molecular complexity index is 554. The zero-order valence-electron chi connectivity index (χ0n) is 14.4. The Labute approximate surface area is 143 Å². The molecule has 1 heterocycles. The Balaban J connectivity index is 1.73. The van der Waals surface area contributed by atoms with E-state index in [1.807, 2.05) is 24.3 Å². The summed E-state index contributed by atoms with van der Waals surface area (Å²) in [7, 11) is 1.65. The quantitative estimate of drug-likeness (QED) is 0.866. The number of carbonyl (C=O) groups is 2. The summed E-state index contributed by atoms with van der Waals surface area (Å²) in [4.78, 5) is 25.6. The minimum absolute atomic E-state index is 0.0339. The van der Waals surface area contributed by atoms with E-state index in [2.05, 4.69) is 5.32 Å². The van der Waals surface area contributed by atoms with E-state index in [1.54, 1.807) is 18.9 Å². The smallest absolute Gasteiger partial charge is 0.409 e. The van der Waals surface area contributed by atoms with Crippen molar-refractivity contribution < 1.29 is 19.1 Å². The lowest BCUT2D eigenvalue weighted by atomic mass is 9.96. The first-order valence-corrected chi connectivity index (χ1v) is 8.47. The number of nitrogens with zero attached hydrogens (tertiary/aromatic N) is 1. The molecule has 6 nitrogen and oxygen atoms in total. The summed E-state index contributed by atoms with van der Waals surface area (Å²) in [5, 5.41) is 2.99. The first kappa shape index (κ1) is 18.1. The number of para-hydroxylation sites is 1. The molecule has 2 amide bonds. The van der Waals surface area contributed by atoms with Crippen LogP contribution in [0.2, 0.25) is 0 Å². The van der Waals surface area contributed by atoms with Gasteiger partial charge in [-0.05, 0) is 37.8 Å². The highest BCUT2D eigenvalue weighted by Gasteiger charge is 2.27. The number of amides is 2. The number of likely N-dealkylation sites (tertiary alicyclic amines) is 1. The third-order valence-corrected chi connectivity index (χ3v) is 4.28. The van der Waals surface area contributed by atoms with Gasteiger partial charge in [-0.15, -0.1) is 0 Å². The van der Waals surface area contributed by atoms with Gasteiger partial charge in [0, 0.05) is 25.6 Å². The van der Waals surface area contributed by atoms with Gasteiger partial charge in [-0.3, -0.25) is 4.79 Å². The lowest BCUT2D eigenvalue weighted by molar-refractivity contribution is -0.126. The molecule has 1 aliphatic heterocycles. The average molecular weight is 334 g/mol. The fourth-order valence-electron chi connectivity index (χ4n) is 2.91. The molecule has 1 aromatic carbocycles. The number of carbonyl (C=O) groups excluding carboxylic acids is 2. The molecule has 0 atom stereocenters. The number of methoxy groups -OCH3 is 1. The minimum Gasteiger partial charge on any atom is -0.496 e. The molecular formula is C18H26N2O4. The van der Waals surface area contributed by atoms with E-state index in [4.69, 9.17) is 9.47 Å². The van der Waals surface area contributed by atoms with Crippen LogP contribution in [-0.2, 0) is 16.0 Å². The van der Waals surface area contributed by atoms with E-state index in [-0.39, 0.29) is 17.9 Å². The second-order valence-electron chi connectivity index (χ2n) is 5.81. The van der Waals surface area contributed by atoms with Crippen LogP contribution >= 0.6 is 0 Å².